The summed E-state index contributed by atoms with van der Waals surface area (Å²) in [6.07, 6.45) is 1.61. The van der Waals surface area contributed by atoms with Crippen LogP contribution in [-0.2, 0) is 11.3 Å². The number of thiophene rings is 1. The Balaban J connectivity index is 1.30. The van der Waals surface area contributed by atoms with Gasteiger partial charge in [-0.15, -0.1) is 11.3 Å². The van der Waals surface area contributed by atoms with E-state index in [-0.39, 0.29) is 11.8 Å². The second-order valence-corrected chi connectivity index (χ2v) is 8.30. The van der Waals surface area contributed by atoms with Gasteiger partial charge in [0.05, 0.1) is 11.4 Å². The molecule has 28 heavy (non-hydrogen) atoms. The molecule has 0 saturated carbocycles. The highest BCUT2D eigenvalue weighted by molar-refractivity contribution is 7.13. The van der Waals surface area contributed by atoms with Crippen molar-refractivity contribution in [2.24, 2.45) is 5.92 Å². The Morgan fingerprint density at radius 1 is 1.32 bits per heavy atom. The zero-order valence-electron chi connectivity index (χ0n) is 15.5. The van der Waals surface area contributed by atoms with Crippen LogP contribution in [0.15, 0.2) is 40.2 Å². The van der Waals surface area contributed by atoms with Crippen LogP contribution in [0.1, 0.15) is 24.3 Å². The zero-order valence-corrected chi connectivity index (χ0v) is 17.1. The van der Waals surface area contributed by atoms with Gasteiger partial charge in [-0.05, 0) is 62.0 Å². The average molecular weight is 417 g/mol. The minimum Gasteiger partial charge on any atom is -0.338 e. The molecule has 1 aliphatic rings. The van der Waals surface area contributed by atoms with E-state index in [0.29, 0.717) is 23.3 Å². The molecule has 0 atom stereocenters. The van der Waals surface area contributed by atoms with Gasteiger partial charge in [0.2, 0.25) is 17.6 Å². The van der Waals surface area contributed by atoms with Crippen molar-refractivity contribution in [3.8, 4) is 10.7 Å². The summed E-state index contributed by atoms with van der Waals surface area (Å²) in [4.78, 5) is 20.3. The smallest absolute Gasteiger partial charge is 0.241 e. The van der Waals surface area contributed by atoms with Gasteiger partial charge in [0.15, 0.2) is 0 Å². The van der Waals surface area contributed by atoms with E-state index >= 15 is 0 Å². The van der Waals surface area contributed by atoms with E-state index in [9.17, 15) is 4.79 Å². The number of nitrogens with one attached hydrogen (secondary N) is 1. The number of carbonyl (C=O) groups excluding carboxylic acids is 1. The Morgan fingerprint density at radius 3 is 2.89 bits per heavy atom. The summed E-state index contributed by atoms with van der Waals surface area (Å²) in [6, 6.07) is 9.51. The minimum absolute atomic E-state index is 0.000929. The Labute approximate surface area is 172 Å². The number of hydrogen-bond acceptors (Lipinski definition) is 6. The molecule has 3 heterocycles. The molecule has 146 valence electrons. The number of carbonyl (C=O) groups is 1. The number of likely N-dealkylation sites (tertiary alicyclic amines) is 1. The van der Waals surface area contributed by atoms with Gasteiger partial charge in [-0.2, -0.15) is 4.98 Å². The first kappa shape index (κ1) is 19.1. The van der Waals surface area contributed by atoms with Gasteiger partial charge in [0.25, 0.3) is 0 Å². The summed E-state index contributed by atoms with van der Waals surface area (Å²) in [5.74, 6) is 1.30. The third-order valence-electron chi connectivity index (χ3n) is 5.05. The molecule has 0 unspecified atom stereocenters. The number of amides is 1. The van der Waals surface area contributed by atoms with Gasteiger partial charge in [-0.1, -0.05) is 28.9 Å². The topological polar surface area (TPSA) is 71.3 Å². The summed E-state index contributed by atoms with van der Waals surface area (Å²) >= 11 is 7.73. The van der Waals surface area contributed by atoms with Gasteiger partial charge >= 0.3 is 0 Å². The summed E-state index contributed by atoms with van der Waals surface area (Å²) in [5.41, 5.74) is 1.68. The average Bonchev–Trinajstić information content (AvgIpc) is 3.38. The number of benzene rings is 1. The highest BCUT2D eigenvalue weighted by Gasteiger charge is 2.26. The predicted molar refractivity (Wildman–Crippen MR) is 110 cm³/mol. The lowest BCUT2D eigenvalue weighted by molar-refractivity contribution is -0.121. The van der Waals surface area contributed by atoms with Crippen LogP contribution in [0.3, 0.4) is 0 Å². The maximum atomic E-state index is 12.6. The molecule has 6 nitrogen and oxygen atoms in total. The van der Waals surface area contributed by atoms with Crippen molar-refractivity contribution < 1.29 is 9.32 Å². The summed E-state index contributed by atoms with van der Waals surface area (Å²) in [7, 11) is 0. The van der Waals surface area contributed by atoms with E-state index in [1.807, 2.05) is 42.6 Å². The third kappa shape index (κ3) is 4.27. The summed E-state index contributed by atoms with van der Waals surface area (Å²) < 4.78 is 5.38. The van der Waals surface area contributed by atoms with Crippen LogP contribution in [-0.4, -0.2) is 34.0 Å². The second-order valence-electron chi connectivity index (χ2n) is 6.94. The molecule has 3 aromatic rings. The standard InChI is InChI=1S/C20H21ClN4O2S/c1-13-15(21)4-2-5-16(13)22-20(26)14-7-9-25(10-8-14)12-18-23-19(24-27-18)17-6-3-11-28-17/h2-6,11,14H,7-10,12H2,1H3,(H,22,26). The largest absolute Gasteiger partial charge is 0.338 e. The van der Waals surface area contributed by atoms with Crippen LogP contribution in [0.4, 0.5) is 5.69 Å². The molecule has 1 aromatic carbocycles. The van der Waals surface area contributed by atoms with Gasteiger partial charge in [-0.25, -0.2) is 0 Å². The van der Waals surface area contributed by atoms with E-state index in [1.165, 1.54) is 0 Å². The Hall–Kier alpha value is -2.22. The first-order valence-electron chi connectivity index (χ1n) is 9.25. The van der Waals surface area contributed by atoms with Crippen LogP contribution in [0.25, 0.3) is 10.7 Å². The molecule has 1 amide bonds. The van der Waals surface area contributed by atoms with Gasteiger partial charge in [0, 0.05) is 16.6 Å². The highest BCUT2D eigenvalue weighted by Crippen LogP contribution is 2.26. The van der Waals surface area contributed by atoms with E-state index in [1.54, 1.807) is 11.3 Å². The quantitative estimate of drug-likeness (QED) is 0.657. The van der Waals surface area contributed by atoms with Gasteiger partial charge < -0.3 is 9.84 Å². The second kappa shape index (κ2) is 8.43. The fraction of sp³-hybridized carbons (Fsp3) is 0.350. The maximum Gasteiger partial charge on any atom is 0.241 e. The minimum atomic E-state index is -0.000929. The number of piperidine rings is 1. The lowest BCUT2D eigenvalue weighted by atomic mass is 9.95. The van der Waals surface area contributed by atoms with E-state index in [0.717, 1.165) is 42.1 Å². The van der Waals surface area contributed by atoms with Crippen molar-refractivity contribution in [3.63, 3.8) is 0 Å². The molecule has 2 aromatic heterocycles. The van der Waals surface area contributed by atoms with E-state index in [2.05, 4.69) is 20.4 Å². The number of aromatic nitrogens is 2. The molecular formula is C20H21ClN4O2S. The molecule has 1 fully saturated rings. The molecule has 4 rings (SSSR count). The van der Waals surface area contributed by atoms with E-state index < -0.39 is 0 Å². The number of nitrogens with zero attached hydrogens (tertiary/aromatic N) is 3. The zero-order chi connectivity index (χ0) is 19.5. The van der Waals surface area contributed by atoms with Gasteiger partial charge in [0.1, 0.15) is 0 Å². The van der Waals surface area contributed by atoms with Crippen LogP contribution in [0, 0.1) is 12.8 Å². The van der Waals surface area contributed by atoms with Crippen molar-refractivity contribution in [2.75, 3.05) is 18.4 Å². The monoisotopic (exact) mass is 416 g/mol. The molecule has 0 bridgehead atoms. The van der Waals surface area contributed by atoms with Crippen molar-refractivity contribution in [2.45, 2.75) is 26.3 Å². The Morgan fingerprint density at radius 2 is 2.14 bits per heavy atom. The number of halogens is 1. The molecule has 1 aliphatic heterocycles. The predicted octanol–water partition coefficient (Wildman–Crippen LogP) is 4.61. The first-order valence-corrected chi connectivity index (χ1v) is 10.5. The van der Waals surface area contributed by atoms with Crippen LogP contribution < -0.4 is 5.32 Å². The molecule has 1 saturated heterocycles. The van der Waals surface area contributed by atoms with Crippen LogP contribution in [0.5, 0.6) is 0 Å². The fourth-order valence-corrected chi connectivity index (χ4v) is 4.17. The SMILES string of the molecule is Cc1c(Cl)cccc1NC(=O)C1CCN(Cc2nc(-c3cccs3)no2)CC1. The van der Waals surface area contributed by atoms with Crippen molar-refractivity contribution >= 4 is 34.5 Å². The summed E-state index contributed by atoms with van der Waals surface area (Å²) in [5, 5.41) is 9.73. The van der Waals surface area contributed by atoms with Crippen molar-refractivity contribution in [3.05, 3.63) is 52.2 Å². The molecule has 0 spiro atoms. The van der Waals surface area contributed by atoms with Crippen LogP contribution in [0.2, 0.25) is 5.02 Å². The Kier molecular flexibility index (Phi) is 5.75. The number of anilines is 1. The maximum absolute atomic E-state index is 12.6. The van der Waals surface area contributed by atoms with E-state index in [4.69, 9.17) is 16.1 Å². The molecular weight excluding hydrogens is 396 g/mol. The molecule has 8 heteroatoms. The van der Waals surface area contributed by atoms with Crippen molar-refractivity contribution in [1.82, 2.24) is 15.0 Å². The van der Waals surface area contributed by atoms with Crippen molar-refractivity contribution in [1.29, 1.82) is 0 Å². The van der Waals surface area contributed by atoms with Gasteiger partial charge in [-0.3, -0.25) is 9.69 Å². The fourth-order valence-electron chi connectivity index (χ4n) is 3.35. The molecule has 1 N–H and O–H groups in total. The lowest BCUT2D eigenvalue weighted by Crippen LogP contribution is -2.37. The number of hydrogen-bond donors (Lipinski definition) is 1. The molecule has 0 radical (unpaired) electrons. The van der Waals surface area contributed by atoms with Crippen LogP contribution >= 0.6 is 22.9 Å². The molecule has 0 aliphatic carbocycles. The Bertz CT molecular complexity index is 949. The summed E-state index contributed by atoms with van der Waals surface area (Å²) in [6.45, 7) is 4.17. The third-order valence-corrected chi connectivity index (χ3v) is 6.33. The normalized spacial score (nSPS) is 15.6. The highest BCUT2D eigenvalue weighted by atomic mass is 35.5. The lowest BCUT2D eigenvalue weighted by Gasteiger charge is -2.30. The first-order chi connectivity index (χ1) is 13.6. The number of rotatable bonds is 5.